The third-order valence-electron chi connectivity index (χ3n) is 5.16. The Bertz CT molecular complexity index is 522. The second kappa shape index (κ2) is 6.36. The van der Waals surface area contributed by atoms with E-state index in [0.29, 0.717) is 19.3 Å². The van der Waals surface area contributed by atoms with Crippen LogP contribution in [0.2, 0.25) is 0 Å². The summed E-state index contributed by atoms with van der Waals surface area (Å²) < 4.78 is 0. The van der Waals surface area contributed by atoms with Gasteiger partial charge in [0.2, 0.25) is 0 Å². The van der Waals surface area contributed by atoms with E-state index in [2.05, 4.69) is 33.0 Å². The van der Waals surface area contributed by atoms with Crippen molar-refractivity contribution < 1.29 is 9.59 Å². The zero-order chi connectivity index (χ0) is 18.3. The first kappa shape index (κ1) is 19.3. The number of nitrogens with zero attached hydrogens (tertiary/aromatic N) is 1. The number of hydrogen-bond acceptors (Lipinski definition) is 4. The van der Waals surface area contributed by atoms with Crippen LogP contribution in [0.5, 0.6) is 0 Å². The topological polar surface area (TPSA) is 58.5 Å². The Balaban J connectivity index is 2.26. The number of aliphatic imine (C=N–C) groups is 1. The van der Waals surface area contributed by atoms with Crippen LogP contribution in [-0.2, 0) is 9.59 Å². The van der Waals surface area contributed by atoms with Crippen LogP contribution in [0.4, 0.5) is 0 Å². The van der Waals surface area contributed by atoms with E-state index in [0.717, 1.165) is 18.6 Å². The largest absolute Gasteiger partial charge is 0.307 e. The standard InChI is InChI=1S/C20H34N2O2/c1-8-14(17-15(23)11-18(2,3)12-16(17)24)21-13-9-19(4,5)22-20(6,7)10-13/h13,17,22H,8-12H2,1-7H3. The molecule has 2 fully saturated rings. The van der Waals surface area contributed by atoms with Crippen LogP contribution in [0.3, 0.4) is 0 Å². The van der Waals surface area contributed by atoms with Gasteiger partial charge in [-0.3, -0.25) is 14.6 Å². The van der Waals surface area contributed by atoms with Crippen molar-refractivity contribution in [1.29, 1.82) is 0 Å². The molecule has 1 N–H and O–H groups in total. The molecule has 1 heterocycles. The van der Waals surface area contributed by atoms with Crippen LogP contribution in [0.15, 0.2) is 4.99 Å². The molecule has 0 aromatic heterocycles. The number of hydrogen-bond donors (Lipinski definition) is 1. The highest BCUT2D eigenvalue weighted by Gasteiger charge is 2.43. The summed E-state index contributed by atoms with van der Waals surface area (Å²) >= 11 is 0. The van der Waals surface area contributed by atoms with E-state index in [-0.39, 0.29) is 34.1 Å². The summed E-state index contributed by atoms with van der Waals surface area (Å²) in [5.41, 5.74) is 0.621. The lowest BCUT2D eigenvalue weighted by atomic mass is 9.70. The van der Waals surface area contributed by atoms with E-state index in [1.165, 1.54) is 0 Å². The maximum absolute atomic E-state index is 12.6. The molecule has 0 bridgehead atoms. The number of carbonyl (C=O) groups is 2. The summed E-state index contributed by atoms with van der Waals surface area (Å²) in [5, 5.41) is 3.66. The third kappa shape index (κ3) is 4.53. The lowest BCUT2D eigenvalue weighted by Gasteiger charge is -2.45. The van der Waals surface area contributed by atoms with E-state index in [4.69, 9.17) is 4.99 Å². The average Bonchev–Trinajstić information content (AvgIpc) is 2.30. The first-order chi connectivity index (χ1) is 10.8. The van der Waals surface area contributed by atoms with E-state index in [1.807, 2.05) is 20.8 Å². The van der Waals surface area contributed by atoms with E-state index in [1.54, 1.807) is 0 Å². The molecule has 2 aliphatic rings. The van der Waals surface area contributed by atoms with Crippen LogP contribution < -0.4 is 5.32 Å². The molecule has 2 rings (SSSR count). The van der Waals surface area contributed by atoms with Gasteiger partial charge in [0.15, 0.2) is 0 Å². The fraction of sp³-hybridized carbons (Fsp3) is 0.850. The van der Waals surface area contributed by atoms with Crippen molar-refractivity contribution >= 4 is 17.3 Å². The molecule has 0 atom stereocenters. The zero-order valence-corrected chi connectivity index (χ0v) is 16.5. The van der Waals surface area contributed by atoms with Gasteiger partial charge in [0.05, 0.1) is 6.04 Å². The zero-order valence-electron chi connectivity index (χ0n) is 16.5. The van der Waals surface area contributed by atoms with E-state index < -0.39 is 5.92 Å². The van der Waals surface area contributed by atoms with Crippen molar-refractivity contribution in [2.24, 2.45) is 16.3 Å². The quantitative estimate of drug-likeness (QED) is 0.632. The van der Waals surface area contributed by atoms with Crippen molar-refractivity contribution in [1.82, 2.24) is 5.32 Å². The van der Waals surface area contributed by atoms with Crippen molar-refractivity contribution in [3.05, 3.63) is 0 Å². The Hall–Kier alpha value is -1.03. The van der Waals surface area contributed by atoms with Gasteiger partial charge in [-0.2, -0.15) is 0 Å². The lowest BCUT2D eigenvalue weighted by Crippen LogP contribution is -2.59. The molecule has 0 aromatic rings. The number of nitrogens with one attached hydrogen (secondary N) is 1. The predicted molar refractivity (Wildman–Crippen MR) is 98.6 cm³/mol. The molecule has 1 aliphatic heterocycles. The van der Waals surface area contributed by atoms with Gasteiger partial charge in [-0.1, -0.05) is 20.8 Å². The van der Waals surface area contributed by atoms with Gasteiger partial charge in [0.25, 0.3) is 0 Å². The maximum Gasteiger partial charge on any atom is 0.149 e. The molecule has 0 spiro atoms. The SMILES string of the molecule is CCC(=NC1CC(C)(C)NC(C)(C)C1)C1C(=O)CC(C)(C)CC1=O. The Kier molecular flexibility index (Phi) is 5.11. The highest BCUT2D eigenvalue weighted by molar-refractivity contribution is 6.22. The summed E-state index contributed by atoms with van der Waals surface area (Å²) in [7, 11) is 0. The van der Waals surface area contributed by atoms with E-state index in [9.17, 15) is 9.59 Å². The summed E-state index contributed by atoms with van der Waals surface area (Å²) in [4.78, 5) is 30.2. The van der Waals surface area contributed by atoms with Crippen LogP contribution in [-0.4, -0.2) is 34.4 Å². The van der Waals surface area contributed by atoms with Crippen LogP contribution in [0.1, 0.15) is 80.6 Å². The monoisotopic (exact) mass is 334 g/mol. The second-order valence-electron chi connectivity index (χ2n) is 9.81. The van der Waals surface area contributed by atoms with Gasteiger partial charge in [0.1, 0.15) is 17.5 Å². The molecule has 1 saturated heterocycles. The molecule has 1 saturated carbocycles. The van der Waals surface area contributed by atoms with Crippen molar-refractivity contribution in [2.45, 2.75) is 97.7 Å². The van der Waals surface area contributed by atoms with Crippen molar-refractivity contribution in [2.75, 3.05) is 0 Å². The molecule has 24 heavy (non-hydrogen) atoms. The summed E-state index contributed by atoms with van der Waals surface area (Å²) in [6.07, 6.45) is 3.49. The first-order valence-electron chi connectivity index (χ1n) is 9.25. The minimum atomic E-state index is -0.593. The highest BCUT2D eigenvalue weighted by Crippen LogP contribution is 2.36. The predicted octanol–water partition coefficient (Wildman–Crippen LogP) is 3.72. The highest BCUT2D eigenvalue weighted by atomic mass is 16.2. The van der Waals surface area contributed by atoms with Crippen LogP contribution in [0, 0.1) is 11.3 Å². The average molecular weight is 335 g/mol. The molecule has 1 aliphatic carbocycles. The number of carbonyl (C=O) groups excluding carboxylic acids is 2. The van der Waals surface area contributed by atoms with Gasteiger partial charge in [-0.15, -0.1) is 0 Å². The molecule has 4 nitrogen and oxygen atoms in total. The lowest BCUT2D eigenvalue weighted by molar-refractivity contribution is -0.136. The van der Waals surface area contributed by atoms with E-state index >= 15 is 0 Å². The van der Waals surface area contributed by atoms with Gasteiger partial charge in [0, 0.05) is 29.6 Å². The maximum atomic E-state index is 12.6. The molecule has 0 radical (unpaired) electrons. The van der Waals surface area contributed by atoms with Gasteiger partial charge in [-0.25, -0.2) is 0 Å². The molecule has 0 aromatic carbocycles. The molecular formula is C20H34N2O2. The number of Topliss-reactive ketones (excluding diaryl/α,β-unsaturated/α-hetero) is 2. The third-order valence-corrected chi connectivity index (χ3v) is 5.16. The van der Waals surface area contributed by atoms with Gasteiger partial charge < -0.3 is 5.32 Å². The van der Waals surface area contributed by atoms with Crippen LogP contribution >= 0.6 is 0 Å². The summed E-state index contributed by atoms with van der Waals surface area (Å²) in [6, 6.07) is 0.168. The Labute approximate surface area is 146 Å². The molecule has 0 unspecified atom stereocenters. The Morgan fingerprint density at radius 1 is 1.00 bits per heavy atom. The Morgan fingerprint density at radius 3 is 1.88 bits per heavy atom. The Morgan fingerprint density at radius 2 is 1.46 bits per heavy atom. The first-order valence-corrected chi connectivity index (χ1v) is 9.25. The normalized spacial score (nSPS) is 28.2. The summed E-state index contributed by atoms with van der Waals surface area (Å²) in [5.74, 6) is -0.474. The second-order valence-corrected chi connectivity index (χ2v) is 9.81. The minimum Gasteiger partial charge on any atom is -0.307 e. The number of piperidine rings is 1. The fourth-order valence-corrected chi connectivity index (χ4v) is 4.73. The van der Waals surface area contributed by atoms with Crippen molar-refractivity contribution in [3.63, 3.8) is 0 Å². The number of ketones is 2. The molecule has 4 heteroatoms. The fourth-order valence-electron chi connectivity index (χ4n) is 4.73. The van der Waals surface area contributed by atoms with Gasteiger partial charge >= 0.3 is 0 Å². The summed E-state index contributed by atoms with van der Waals surface area (Å²) in [6.45, 7) is 14.8. The van der Waals surface area contributed by atoms with Gasteiger partial charge in [-0.05, 0) is 52.4 Å². The smallest absolute Gasteiger partial charge is 0.149 e. The number of rotatable bonds is 3. The molecular weight excluding hydrogens is 300 g/mol. The minimum absolute atomic E-state index is 0.0113. The van der Waals surface area contributed by atoms with Crippen molar-refractivity contribution in [3.8, 4) is 0 Å². The van der Waals surface area contributed by atoms with Crippen LogP contribution in [0.25, 0.3) is 0 Å². The molecule has 0 amide bonds. The molecule has 136 valence electrons.